The van der Waals surface area contributed by atoms with Crippen LogP contribution in [0.1, 0.15) is 34.5 Å². The average molecular weight is 395 g/mol. The Morgan fingerprint density at radius 3 is 2.25 bits per heavy atom. The zero-order valence-corrected chi connectivity index (χ0v) is 16.2. The summed E-state index contributed by atoms with van der Waals surface area (Å²) in [5.74, 6) is -0.573. The Kier molecular flexibility index (Phi) is 6.23. The Morgan fingerprint density at radius 1 is 0.929 bits per heavy atom. The minimum absolute atomic E-state index is 0.0187. The summed E-state index contributed by atoms with van der Waals surface area (Å²) >= 11 is 0. The average Bonchev–Trinajstić information content (AvgIpc) is 2.74. The molecule has 0 aromatic heterocycles. The molecule has 0 radical (unpaired) electrons. The lowest BCUT2D eigenvalue weighted by atomic mass is 10.1. The van der Waals surface area contributed by atoms with Gasteiger partial charge in [0.15, 0.2) is 0 Å². The van der Waals surface area contributed by atoms with E-state index in [0.29, 0.717) is 0 Å². The van der Waals surface area contributed by atoms with Crippen LogP contribution < -0.4 is 4.72 Å². The van der Waals surface area contributed by atoms with Gasteiger partial charge < -0.3 is 4.74 Å². The van der Waals surface area contributed by atoms with Crippen LogP contribution in [-0.2, 0) is 21.3 Å². The molecule has 0 saturated carbocycles. The Labute approximate surface area is 165 Å². The van der Waals surface area contributed by atoms with Gasteiger partial charge in [0.05, 0.1) is 10.5 Å². The molecule has 0 bridgehead atoms. The van der Waals surface area contributed by atoms with Gasteiger partial charge in [-0.2, -0.15) is 0 Å². The third-order valence-electron chi connectivity index (χ3n) is 4.24. The predicted molar refractivity (Wildman–Crippen MR) is 107 cm³/mol. The van der Waals surface area contributed by atoms with E-state index in [9.17, 15) is 13.2 Å². The normalized spacial score (nSPS) is 12.3. The molecule has 1 unspecified atom stereocenters. The molecule has 0 aliphatic carbocycles. The number of esters is 1. The number of hydrogen-bond donors (Lipinski definition) is 1. The Bertz CT molecular complexity index is 1030. The van der Waals surface area contributed by atoms with E-state index >= 15 is 0 Å². The van der Waals surface area contributed by atoms with Gasteiger partial charge in [-0.15, -0.1) is 0 Å². The van der Waals surface area contributed by atoms with E-state index in [1.807, 2.05) is 60.7 Å². The van der Waals surface area contributed by atoms with Crippen molar-refractivity contribution in [1.82, 2.24) is 4.72 Å². The highest BCUT2D eigenvalue weighted by Crippen LogP contribution is 2.19. The van der Waals surface area contributed by atoms with Crippen LogP contribution in [0.3, 0.4) is 0 Å². The van der Waals surface area contributed by atoms with Crippen LogP contribution in [-0.4, -0.2) is 14.4 Å². The van der Waals surface area contributed by atoms with E-state index in [1.165, 1.54) is 24.3 Å². The first-order valence-corrected chi connectivity index (χ1v) is 10.3. The van der Waals surface area contributed by atoms with Crippen LogP contribution in [0.25, 0.3) is 0 Å². The third-order valence-corrected chi connectivity index (χ3v) is 5.64. The van der Waals surface area contributed by atoms with Crippen molar-refractivity contribution in [2.24, 2.45) is 0 Å². The van der Waals surface area contributed by atoms with E-state index in [4.69, 9.17) is 4.74 Å². The zero-order valence-electron chi connectivity index (χ0n) is 15.4. The lowest BCUT2D eigenvalue weighted by Crippen LogP contribution is -2.23. The third kappa shape index (κ3) is 5.06. The number of nitrogens with one attached hydrogen (secondary N) is 1. The second kappa shape index (κ2) is 8.82. The molecule has 6 heteroatoms. The lowest BCUT2D eigenvalue weighted by Gasteiger charge is -2.14. The SMILES string of the molecule is CC(OC(=O)c1cccc(S(=O)(=O)NCc2ccccc2)c1)c1ccccc1. The maximum atomic E-state index is 12.6. The van der Waals surface area contributed by atoms with Crippen molar-refractivity contribution in [2.75, 3.05) is 0 Å². The van der Waals surface area contributed by atoms with Gasteiger partial charge in [-0.05, 0) is 36.2 Å². The summed E-state index contributed by atoms with van der Waals surface area (Å²) in [7, 11) is -3.75. The summed E-state index contributed by atoms with van der Waals surface area (Å²) in [6, 6.07) is 24.4. The molecule has 3 aromatic carbocycles. The number of rotatable bonds is 7. The standard InChI is InChI=1S/C22H21NO4S/c1-17(19-11-6-3-7-12-19)27-22(24)20-13-8-14-21(15-20)28(25,26)23-16-18-9-4-2-5-10-18/h2-15,17,23H,16H2,1H3. The second-order valence-corrected chi connectivity index (χ2v) is 8.06. The van der Waals surface area contributed by atoms with Crippen molar-refractivity contribution in [3.8, 4) is 0 Å². The summed E-state index contributed by atoms with van der Waals surface area (Å²) in [6.45, 7) is 1.94. The van der Waals surface area contributed by atoms with Crippen molar-refractivity contribution >= 4 is 16.0 Å². The summed E-state index contributed by atoms with van der Waals surface area (Å²) in [5, 5.41) is 0. The topological polar surface area (TPSA) is 72.5 Å². The van der Waals surface area contributed by atoms with Gasteiger partial charge in [-0.3, -0.25) is 0 Å². The van der Waals surface area contributed by atoms with Gasteiger partial charge in [0, 0.05) is 6.54 Å². The van der Waals surface area contributed by atoms with Gasteiger partial charge in [0.25, 0.3) is 0 Å². The molecular weight excluding hydrogens is 374 g/mol. The van der Waals surface area contributed by atoms with Gasteiger partial charge in [-0.25, -0.2) is 17.9 Å². The Hall–Kier alpha value is -2.96. The number of carbonyl (C=O) groups excluding carboxylic acids is 1. The summed E-state index contributed by atoms with van der Waals surface area (Å²) in [5.41, 5.74) is 1.90. The molecule has 1 atom stereocenters. The molecule has 0 aliphatic heterocycles. The van der Waals surface area contributed by atoms with E-state index in [2.05, 4.69) is 4.72 Å². The highest BCUT2D eigenvalue weighted by molar-refractivity contribution is 7.89. The van der Waals surface area contributed by atoms with Crippen LogP contribution in [0, 0.1) is 0 Å². The second-order valence-electron chi connectivity index (χ2n) is 6.30. The minimum atomic E-state index is -3.75. The summed E-state index contributed by atoms with van der Waals surface area (Å²) < 4.78 is 33.1. The van der Waals surface area contributed by atoms with E-state index in [1.54, 1.807) is 6.92 Å². The van der Waals surface area contributed by atoms with E-state index < -0.39 is 22.1 Å². The molecule has 0 fully saturated rings. The van der Waals surface area contributed by atoms with E-state index in [0.717, 1.165) is 11.1 Å². The molecule has 1 N–H and O–H groups in total. The fraction of sp³-hybridized carbons (Fsp3) is 0.136. The quantitative estimate of drug-likeness (QED) is 0.612. The fourth-order valence-corrected chi connectivity index (χ4v) is 3.73. The molecule has 0 aliphatic rings. The van der Waals surface area contributed by atoms with Gasteiger partial charge >= 0.3 is 5.97 Å². The molecule has 0 heterocycles. The van der Waals surface area contributed by atoms with Crippen LogP contribution in [0.15, 0.2) is 89.8 Å². The monoisotopic (exact) mass is 395 g/mol. The molecular formula is C22H21NO4S. The van der Waals surface area contributed by atoms with Crippen molar-refractivity contribution < 1.29 is 17.9 Å². The maximum absolute atomic E-state index is 12.6. The number of hydrogen-bond acceptors (Lipinski definition) is 4. The fourth-order valence-electron chi connectivity index (χ4n) is 2.67. The van der Waals surface area contributed by atoms with Gasteiger partial charge in [-0.1, -0.05) is 66.7 Å². The first kappa shape index (κ1) is 19.8. The summed E-state index contributed by atoms with van der Waals surface area (Å²) in [6.07, 6.45) is -0.440. The van der Waals surface area contributed by atoms with Crippen LogP contribution in [0.5, 0.6) is 0 Å². The van der Waals surface area contributed by atoms with Crippen LogP contribution in [0.2, 0.25) is 0 Å². The molecule has 5 nitrogen and oxygen atoms in total. The van der Waals surface area contributed by atoms with Gasteiger partial charge in [0.1, 0.15) is 6.10 Å². The molecule has 0 spiro atoms. The first-order chi connectivity index (χ1) is 13.5. The number of ether oxygens (including phenoxy) is 1. The summed E-state index contributed by atoms with van der Waals surface area (Å²) in [4.78, 5) is 12.5. The van der Waals surface area contributed by atoms with Crippen molar-refractivity contribution in [3.63, 3.8) is 0 Å². The number of sulfonamides is 1. The highest BCUT2D eigenvalue weighted by Gasteiger charge is 2.18. The predicted octanol–water partition coefficient (Wildman–Crippen LogP) is 4.08. The molecule has 28 heavy (non-hydrogen) atoms. The number of benzene rings is 3. The molecule has 3 aromatic rings. The van der Waals surface area contributed by atoms with Crippen molar-refractivity contribution in [3.05, 3.63) is 102 Å². The molecule has 0 saturated heterocycles. The van der Waals surface area contributed by atoms with Crippen molar-refractivity contribution in [1.29, 1.82) is 0 Å². The lowest BCUT2D eigenvalue weighted by molar-refractivity contribution is 0.0337. The zero-order chi connectivity index (χ0) is 20.0. The maximum Gasteiger partial charge on any atom is 0.338 e. The first-order valence-electron chi connectivity index (χ1n) is 8.85. The Morgan fingerprint density at radius 2 is 1.57 bits per heavy atom. The van der Waals surface area contributed by atoms with Crippen molar-refractivity contribution in [2.45, 2.75) is 24.5 Å². The van der Waals surface area contributed by atoms with E-state index in [-0.39, 0.29) is 17.0 Å². The largest absolute Gasteiger partial charge is 0.454 e. The number of carbonyl (C=O) groups is 1. The highest BCUT2D eigenvalue weighted by atomic mass is 32.2. The van der Waals surface area contributed by atoms with Gasteiger partial charge in [0.2, 0.25) is 10.0 Å². The Balaban J connectivity index is 1.71. The van der Waals surface area contributed by atoms with Crippen LogP contribution >= 0.6 is 0 Å². The van der Waals surface area contributed by atoms with Crippen LogP contribution in [0.4, 0.5) is 0 Å². The molecule has 0 amide bonds. The molecule has 3 rings (SSSR count). The molecule has 144 valence electrons. The minimum Gasteiger partial charge on any atom is -0.454 e. The smallest absolute Gasteiger partial charge is 0.338 e.